The van der Waals surface area contributed by atoms with Crippen LogP contribution in [0.15, 0.2) is 38.9 Å². The number of hydrogen-bond donors (Lipinski definition) is 1. The van der Waals surface area contributed by atoms with Crippen LogP contribution in [-0.4, -0.2) is 9.49 Å². The van der Waals surface area contributed by atoms with Gasteiger partial charge in [-0.2, -0.15) is 5.26 Å². The average Bonchev–Trinajstić information content (AvgIpc) is 3.01. The van der Waals surface area contributed by atoms with E-state index in [0.29, 0.717) is 5.69 Å². The van der Waals surface area contributed by atoms with Gasteiger partial charge in [0.25, 0.3) is 5.56 Å². The number of fused-ring (bicyclic) bond motifs is 1. The van der Waals surface area contributed by atoms with Gasteiger partial charge < -0.3 is 19.5 Å². The van der Waals surface area contributed by atoms with Crippen LogP contribution in [0.1, 0.15) is 22.9 Å². The van der Waals surface area contributed by atoms with Crippen LogP contribution in [0.3, 0.4) is 0 Å². The first kappa shape index (κ1) is 15.4. The molecule has 3 rings (SSSR count). The van der Waals surface area contributed by atoms with E-state index in [2.05, 4.69) is 0 Å². The van der Waals surface area contributed by atoms with Crippen molar-refractivity contribution in [2.24, 2.45) is 12.8 Å². The summed E-state index contributed by atoms with van der Waals surface area (Å²) in [6.07, 6.45) is 0. The van der Waals surface area contributed by atoms with Crippen molar-refractivity contribution < 1.29 is 14.1 Å². The number of hydrogen-bond acceptors (Lipinski definition) is 7. The lowest BCUT2D eigenvalue weighted by Gasteiger charge is -2.25. The number of nitro groups is 1. The molecule has 3 heterocycles. The van der Waals surface area contributed by atoms with Crippen molar-refractivity contribution in [3.8, 4) is 11.8 Å². The highest BCUT2D eigenvalue weighted by Crippen LogP contribution is 2.41. The Labute approximate surface area is 135 Å². The van der Waals surface area contributed by atoms with Crippen molar-refractivity contribution in [3.05, 3.63) is 67.1 Å². The Morgan fingerprint density at radius 1 is 1.46 bits per heavy atom. The van der Waals surface area contributed by atoms with Gasteiger partial charge in [0.1, 0.15) is 28.1 Å². The molecule has 0 spiro atoms. The summed E-state index contributed by atoms with van der Waals surface area (Å²) in [6.45, 7) is 1.72. The molecule has 0 radical (unpaired) electrons. The van der Waals surface area contributed by atoms with Gasteiger partial charge in [0.05, 0.1) is 17.5 Å². The summed E-state index contributed by atoms with van der Waals surface area (Å²) in [5.74, 6) is -1.34. The average molecular weight is 328 g/mol. The lowest BCUT2D eigenvalue weighted by atomic mass is 9.88. The first-order valence-electron chi connectivity index (χ1n) is 6.87. The summed E-state index contributed by atoms with van der Waals surface area (Å²) in [5.41, 5.74) is 6.15. The molecule has 122 valence electrons. The van der Waals surface area contributed by atoms with Crippen LogP contribution in [0.4, 0.5) is 5.88 Å². The minimum absolute atomic E-state index is 0.0345. The maximum Gasteiger partial charge on any atom is 0.433 e. The summed E-state index contributed by atoms with van der Waals surface area (Å²) in [4.78, 5) is 22.8. The van der Waals surface area contributed by atoms with E-state index in [-0.39, 0.29) is 28.5 Å². The number of aryl methyl sites for hydroxylation is 1. The smallest absolute Gasteiger partial charge is 0.433 e. The molecular weight excluding hydrogens is 316 g/mol. The largest absolute Gasteiger partial charge is 0.440 e. The molecule has 1 aliphatic rings. The third-order valence-corrected chi connectivity index (χ3v) is 3.93. The summed E-state index contributed by atoms with van der Waals surface area (Å²) >= 11 is 0. The van der Waals surface area contributed by atoms with Crippen LogP contribution in [0, 0.1) is 28.4 Å². The predicted octanol–water partition coefficient (Wildman–Crippen LogP) is 1.41. The highest BCUT2D eigenvalue weighted by atomic mass is 16.6. The minimum Gasteiger partial charge on any atom is -0.440 e. The van der Waals surface area contributed by atoms with Gasteiger partial charge in [-0.3, -0.25) is 14.9 Å². The Balaban J connectivity index is 2.31. The van der Waals surface area contributed by atoms with Crippen LogP contribution in [-0.2, 0) is 7.05 Å². The van der Waals surface area contributed by atoms with Crippen molar-refractivity contribution in [1.82, 2.24) is 4.57 Å². The predicted molar refractivity (Wildman–Crippen MR) is 81.1 cm³/mol. The van der Waals surface area contributed by atoms with E-state index in [1.807, 2.05) is 6.07 Å². The third kappa shape index (κ3) is 2.13. The molecule has 0 unspecified atom stereocenters. The van der Waals surface area contributed by atoms with E-state index < -0.39 is 22.3 Å². The van der Waals surface area contributed by atoms with Crippen LogP contribution >= 0.6 is 0 Å². The highest BCUT2D eigenvalue weighted by molar-refractivity contribution is 5.53. The van der Waals surface area contributed by atoms with Gasteiger partial charge in [-0.1, -0.05) is 0 Å². The number of rotatable bonds is 2. The monoisotopic (exact) mass is 328 g/mol. The number of nitrogens with zero attached hydrogens (tertiary/aromatic N) is 3. The topological polar surface area (TPSA) is 137 Å². The number of aromatic nitrogens is 1. The fourth-order valence-electron chi connectivity index (χ4n) is 2.62. The Hall–Kier alpha value is -3.54. The molecular formula is C15H12N4O5. The maximum absolute atomic E-state index is 12.7. The van der Waals surface area contributed by atoms with E-state index in [4.69, 9.17) is 14.9 Å². The first-order chi connectivity index (χ1) is 11.3. The van der Waals surface area contributed by atoms with Crippen LogP contribution in [0.25, 0.3) is 0 Å². The molecule has 0 aliphatic carbocycles. The molecule has 0 fully saturated rings. The number of ether oxygens (including phenoxy) is 1. The summed E-state index contributed by atoms with van der Waals surface area (Å²) < 4.78 is 12.0. The zero-order valence-electron chi connectivity index (χ0n) is 12.8. The highest BCUT2D eigenvalue weighted by Gasteiger charge is 2.36. The Morgan fingerprint density at radius 3 is 2.75 bits per heavy atom. The number of pyridine rings is 1. The molecule has 0 saturated heterocycles. The molecule has 24 heavy (non-hydrogen) atoms. The van der Waals surface area contributed by atoms with Crippen LogP contribution < -0.4 is 16.0 Å². The van der Waals surface area contributed by atoms with Crippen molar-refractivity contribution in [2.45, 2.75) is 12.8 Å². The molecule has 0 aromatic carbocycles. The molecule has 0 bridgehead atoms. The second-order valence-electron chi connectivity index (χ2n) is 5.29. The van der Waals surface area contributed by atoms with Gasteiger partial charge in [0.2, 0.25) is 5.88 Å². The molecule has 1 aliphatic heterocycles. The molecule has 9 heteroatoms. The van der Waals surface area contributed by atoms with Crippen molar-refractivity contribution in [3.63, 3.8) is 0 Å². The number of nitriles is 1. The van der Waals surface area contributed by atoms with Crippen molar-refractivity contribution in [1.29, 1.82) is 5.26 Å². The van der Waals surface area contributed by atoms with Crippen molar-refractivity contribution in [2.75, 3.05) is 0 Å². The molecule has 0 amide bonds. The molecule has 9 nitrogen and oxygen atoms in total. The van der Waals surface area contributed by atoms with E-state index in [1.54, 1.807) is 20.0 Å². The summed E-state index contributed by atoms with van der Waals surface area (Å²) in [7, 11) is 1.58. The van der Waals surface area contributed by atoms with Gasteiger partial charge in [-0.05, 0) is 13.0 Å². The molecule has 2 N–H and O–H groups in total. The Kier molecular flexibility index (Phi) is 3.38. The Bertz CT molecular complexity index is 992. The number of furan rings is 1. The summed E-state index contributed by atoms with van der Waals surface area (Å²) in [5, 5.41) is 20.2. The van der Waals surface area contributed by atoms with E-state index >= 15 is 0 Å². The van der Waals surface area contributed by atoms with Gasteiger partial charge in [-0.25, -0.2) is 0 Å². The maximum atomic E-state index is 12.7. The third-order valence-electron chi connectivity index (χ3n) is 3.93. The minimum atomic E-state index is -0.966. The normalized spacial score (nSPS) is 16.3. The van der Waals surface area contributed by atoms with E-state index in [0.717, 1.165) is 6.07 Å². The Morgan fingerprint density at radius 2 is 2.17 bits per heavy atom. The lowest BCUT2D eigenvalue weighted by molar-refractivity contribution is -0.402. The molecule has 2 aromatic rings. The first-order valence-corrected chi connectivity index (χ1v) is 6.87. The fraction of sp³-hybridized carbons (Fsp3) is 0.200. The van der Waals surface area contributed by atoms with Crippen molar-refractivity contribution >= 4 is 5.88 Å². The van der Waals surface area contributed by atoms with E-state index in [9.17, 15) is 20.2 Å². The fourth-order valence-corrected chi connectivity index (χ4v) is 2.62. The zero-order chi connectivity index (χ0) is 17.6. The van der Waals surface area contributed by atoms with Gasteiger partial charge >= 0.3 is 5.88 Å². The lowest BCUT2D eigenvalue weighted by Crippen LogP contribution is -2.31. The number of allylic oxidation sites excluding steroid dienone is 1. The molecule has 2 aromatic heterocycles. The van der Waals surface area contributed by atoms with Gasteiger partial charge in [-0.15, -0.1) is 0 Å². The van der Waals surface area contributed by atoms with Gasteiger partial charge in [0.15, 0.2) is 0 Å². The van der Waals surface area contributed by atoms with Crippen LogP contribution in [0.5, 0.6) is 5.75 Å². The van der Waals surface area contributed by atoms with E-state index in [1.165, 1.54) is 10.6 Å². The quantitative estimate of drug-likeness (QED) is 0.649. The standard InChI is InChI=1S/C15H12N4O5/c1-7-5-10-13(15(20)18(7)2)12(8(6-16)14(17)24-10)9-3-4-11(23-9)19(21)22/h3-5,12H,17H2,1-2H3/t12-/m1/s1. The second kappa shape index (κ2) is 5.27. The summed E-state index contributed by atoms with van der Waals surface area (Å²) in [6, 6.07) is 6.02. The SMILES string of the molecule is Cc1cc2c(c(=O)n1C)[C@@H](c1ccc([N+](=O)[O-])o1)C(C#N)=C(N)O2. The second-order valence-corrected chi connectivity index (χ2v) is 5.29. The number of nitrogens with two attached hydrogens (primary N) is 1. The molecule has 0 saturated carbocycles. The van der Waals surface area contributed by atoms with Gasteiger partial charge in [0, 0.05) is 18.8 Å². The zero-order valence-corrected chi connectivity index (χ0v) is 12.8. The molecule has 1 atom stereocenters. The van der Waals surface area contributed by atoms with Crippen LogP contribution in [0.2, 0.25) is 0 Å².